The van der Waals surface area contributed by atoms with Gasteiger partial charge in [-0.2, -0.15) is 0 Å². The Balaban J connectivity index is 0.000000451. The van der Waals surface area contributed by atoms with Crippen molar-refractivity contribution in [1.29, 1.82) is 0 Å². The summed E-state index contributed by atoms with van der Waals surface area (Å²) in [7, 11) is 0. The Morgan fingerprint density at radius 1 is 1.34 bits per heavy atom. The number of carboxylic acids is 1. The van der Waals surface area contributed by atoms with Crippen molar-refractivity contribution >= 4 is 28.7 Å². The Bertz CT molecular complexity index is 1110. The minimum Gasteiger partial charge on any atom is -0.486 e. The van der Waals surface area contributed by atoms with Crippen LogP contribution in [0.25, 0.3) is 11.1 Å². The van der Waals surface area contributed by atoms with Crippen LogP contribution in [0.1, 0.15) is 19.0 Å². The highest BCUT2D eigenvalue weighted by molar-refractivity contribution is 6.32. The maximum absolute atomic E-state index is 12.8. The van der Waals surface area contributed by atoms with E-state index in [1.54, 1.807) is 6.92 Å². The number of aliphatic hydroxyl groups is 2. The average Bonchev–Trinajstić information content (AvgIpc) is 3.06. The molecule has 1 aromatic carbocycles. The summed E-state index contributed by atoms with van der Waals surface area (Å²) in [6, 6.07) is 5.65. The predicted molar refractivity (Wildman–Crippen MR) is 113 cm³/mol. The number of fused-ring (bicyclic) bond motifs is 1. The highest BCUT2D eigenvalue weighted by atomic mass is 35.5. The first-order valence-electron chi connectivity index (χ1n) is 9.35. The number of rotatable bonds is 8. The number of ether oxygens (including phenoxy) is 1. The van der Waals surface area contributed by atoms with Gasteiger partial charge >= 0.3 is 11.7 Å². The van der Waals surface area contributed by atoms with Crippen LogP contribution in [-0.2, 0) is 17.9 Å². The summed E-state index contributed by atoms with van der Waals surface area (Å²) in [5.74, 6) is -1.89. The van der Waals surface area contributed by atoms with Gasteiger partial charge in [-0.15, -0.1) is 0 Å². The fourth-order valence-corrected chi connectivity index (χ4v) is 2.50. The maximum Gasteiger partial charge on any atom is 0.419 e. The zero-order valence-corrected chi connectivity index (χ0v) is 17.9. The number of nitrogens with zero attached hydrogens (tertiary/aromatic N) is 2. The molecule has 32 heavy (non-hydrogen) atoms. The molecule has 3 rings (SSSR count). The molecule has 2 aromatic heterocycles. The lowest BCUT2D eigenvalue weighted by molar-refractivity contribution is -0.137. The standard InChI is InChI=1S/C16H12ClFN2O5.C4H11NO2/c17-11-5-12-14(25-16(23)20(12)4-3-15(21)22)6-13(11)24-8-10-2-1-9(18)7-19-10;1-4(5,2-6)3-7/h1-2,5-7H,3-4,8H2,(H,21,22);6-7H,2-3,5H2,1H3. The molecule has 0 aliphatic carbocycles. The van der Waals surface area contributed by atoms with Crippen LogP contribution in [0, 0.1) is 5.82 Å². The lowest BCUT2D eigenvalue weighted by Gasteiger charge is -2.16. The molecule has 174 valence electrons. The summed E-state index contributed by atoms with van der Waals surface area (Å²) < 4.78 is 24.7. The molecule has 0 radical (unpaired) electrons. The second-order valence-electron chi connectivity index (χ2n) is 7.14. The molecule has 10 nitrogen and oxygen atoms in total. The van der Waals surface area contributed by atoms with Crippen molar-refractivity contribution in [2.45, 2.75) is 32.0 Å². The zero-order valence-electron chi connectivity index (χ0n) is 17.1. The minimum atomic E-state index is -1.03. The topological polar surface area (TPSA) is 161 Å². The number of oxazole rings is 1. The Kier molecular flexibility index (Phi) is 8.72. The Labute approximate surface area is 186 Å². The molecule has 0 spiro atoms. The molecule has 0 fully saturated rings. The van der Waals surface area contributed by atoms with E-state index in [4.69, 9.17) is 41.8 Å². The van der Waals surface area contributed by atoms with Crippen molar-refractivity contribution in [2.24, 2.45) is 5.73 Å². The number of aryl methyl sites for hydroxylation is 1. The third kappa shape index (κ3) is 7.02. The summed E-state index contributed by atoms with van der Waals surface area (Å²) in [5, 5.41) is 25.6. The monoisotopic (exact) mass is 471 g/mol. The third-order valence-electron chi connectivity index (χ3n) is 4.16. The molecule has 12 heteroatoms. The smallest absolute Gasteiger partial charge is 0.419 e. The molecule has 0 saturated carbocycles. The molecular weight excluding hydrogens is 449 g/mol. The summed E-state index contributed by atoms with van der Waals surface area (Å²) in [6.45, 7) is 1.24. The largest absolute Gasteiger partial charge is 0.486 e. The molecule has 2 heterocycles. The maximum atomic E-state index is 12.8. The number of hydrogen-bond acceptors (Lipinski definition) is 8. The van der Waals surface area contributed by atoms with Gasteiger partial charge in [0.25, 0.3) is 0 Å². The number of carboxylic acid groups (broad SMARTS) is 1. The summed E-state index contributed by atoms with van der Waals surface area (Å²) in [5.41, 5.74) is 5.51. The molecule has 0 aliphatic heterocycles. The highest BCUT2D eigenvalue weighted by Crippen LogP contribution is 2.30. The summed E-state index contributed by atoms with van der Waals surface area (Å²) in [4.78, 5) is 26.4. The van der Waals surface area contributed by atoms with Crippen LogP contribution >= 0.6 is 11.6 Å². The van der Waals surface area contributed by atoms with Crippen LogP contribution in [0.2, 0.25) is 5.02 Å². The average molecular weight is 472 g/mol. The van der Waals surface area contributed by atoms with Gasteiger partial charge in [-0.25, -0.2) is 9.18 Å². The van der Waals surface area contributed by atoms with E-state index in [1.165, 1.54) is 28.8 Å². The van der Waals surface area contributed by atoms with Gasteiger partial charge in [-0.05, 0) is 25.1 Å². The quantitative estimate of drug-likeness (QED) is 0.381. The minimum absolute atomic E-state index is 0.0306. The van der Waals surface area contributed by atoms with Gasteiger partial charge in [0, 0.05) is 12.6 Å². The molecule has 0 bridgehead atoms. The van der Waals surface area contributed by atoms with Crippen LogP contribution in [0.4, 0.5) is 4.39 Å². The van der Waals surface area contributed by atoms with Crippen molar-refractivity contribution < 1.29 is 33.7 Å². The van der Waals surface area contributed by atoms with E-state index in [-0.39, 0.29) is 49.1 Å². The second-order valence-corrected chi connectivity index (χ2v) is 7.55. The normalized spacial score (nSPS) is 11.2. The van der Waals surface area contributed by atoms with Gasteiger partial charge in [0.2, 0.25) is 0 Å². The van der Waals surface area contributed by atoms with Gasteiger partial charge in [-0.1, -0.05) is 11.6 Å². The van der Waals surface area contributed by atoms with Gasteiger partial charge < -0.3 is 30.2 Å². The number of aliphatic hydroxyl groups excluding tert-OH is 2. The van der Waals surface area contributed by atoms with Crippen molar-refractivity contribution in [2.75, 3.05) is 13.2 Å². The van der Waals surface area contributed by atoms with E-state index < -0.39 is 23.1 Å². The van der Waals surface area contributed by atoms with Gasteiger partial charge in [0.05, 0.1) is 47.6 Å². The number of pyridine rings is 1. The van der Waals surface area contributed by atoms with Crippen molar-refractivity contribution in [3.63, 3.8) is 0 Å². The lowest BCUT2D eigenvalue weighted by atomic mass is 10.1. The van der Waals surface area contributed by atoms with E-state index >= 15 is 0 Å². The number of aliphatic carboxylic acids is 1. The first kappa shape index (κ1) is 25.3. The number of halogens is 2. The molecule has 0 amide bonds. The molecule has 0 unspecified atom stereocenters. The van der Waals surface area contributed by atoms with E-state index in [9.17, 15) is 14.0 Å². The van der Waals surface area contributed by atoms with Gasteiger partial charge in [0.1, 0.15) is 18.2 Å². The summed E-state index contributed by atoms with van der Waals surface area (Å²) >= 11 is 6.16. The molecule has 0 aliphatic rings. The number of benzene rings is 1. The van der Waals surface area contributed by atoms with Gasteiger partial charge in [0.15, 0.2) is 5.58 Å². The molecule has 5 N–H and O–H groups in total. The number of carbonyl (C=O) groups is 1. The van der Waals surface area contributed by atoms with Crippen molar-refractivity contribution in [3.05, 3.63) is 57.5 Å². The van der Waals surface area contributed by atoms with Crippen LogP contribution in [-0.4, -0.2) is 49.6 Å². The highest BCUT2D eigenvalue weighted by Gasteiger charge is 2.15. The van der Waals surface area contributed by atoms with Crippen LogP contribution < -0.4 is 16.2 Å². The molecule has 0 saturated heterocycles. The van der Waals surface area contributed by atoms with E-state index in [2.05, 4.69) is 4.98 Å². The van der Waals surface area contributed by atoms with Crippen LogP contribution in [0.3, 0.4) is 0 Å². The van der Waals surface area contributed by atoms with Crippen LogP contribution in [0.15, 0.2) is 39.7 Å². The Hall–Kier alpha value is -2.99. The predicted octanol–water partition coefficient (Wildman–Crippen LogP) is 1.52. The first-order chi connectivity index (χ1) is 15.1. The van der Waals surface area contributed by atoms with E-state index in [0.717, 1.165) is 6.20 Å². The van der Waals surface area contributed by atoms with E-state index in [0.29, 0.717) is 11.2 Å². The SMILES string of the molecule is CC(N)(CO)CO.O=C(O)CCn1c(=O)oc2cc(OCc3ccc(F)cn3)c(Cl)cc21. The zero-order chi connectivity index (χ0) is 23.9. The van der Waals surface area contributed by atoms with Crippen molar-refractivity contribution in [1.82, 2.24) is 9.55 Å². The Morgan fingerprint density at radius 2 is 2.03 bits per heavy atom. The molecule has 0 atom stereocenters. The van der Waals surface area contributed by atoms with E-state index in [1.807, 2.05) is 0 Å². The van der Waals surface area contributed by atoms with Crippen LogP contribution in [0.5, 0.6) is 5.75 Å². The second kappa shape index (κ2) is 11.0. The molecular formula is C20H23ClFN3O7. The lowest BCUT2D eigenvalue weighted by Crippen LogP contribution is -2.43. The van der Waals surface area contributed by atoms with Crippen molar-refractivity contribution in [3.8, 4) is 5.75 Å². The molecule has 3 aromatic rings. The number of nitrogens with two attached hydrogens (primary N) is 1. The fraction of sp³-hybridized carbons (Fsp3) is 0.350. The van der Waals surface area contributed by atoms with Gasteiger partial charge in [-0.3, -0.25) is 14.3 Å². The fourth-order valence-electron chi connectivity index (χ4n) is 2.29. The number of aromatic nitrogens is 2. The first-order valence-corrected chi connectivity index (χ1v) is 9.72. The summed E-state index contributed by atoms with van der Waals surface area (Å²) in [6.07, 6.45) is 0.853. The Morgan fingerprint density at radius 3 is 2.56 bits per heavy atom. The number of hydrogen-bond donors (Lipinski definition) is 4. The third-order valence-corrected chi connectivity index (χ3v) is 4.45.